The SMILES string of the molecule is COC(=O)c1cccc(S(=O)Nc2cc(N)cnc2OC)c1. The third kappa shape index (κ3) is 3.53. The van der Waals surface area contributed by atoms with Crippen molar-refractivity contribution >= 4 is 28.3 Å². The Morgan fingerprint density at radius 1 is 1.32 bits per heavy atom. The number of nitrogen functional groups attached to an aromatic ring is 1. The van der Waals surface area contributed by atoms with Crippen molar-refractivity contribution in [3.63, 3.8) is 0 Å². The molecule has 1 aromatic heterocycles. The molecular formula is C14H15N3O4S. The van der Waals surface area contributed by atoms with Crippen LogP contribution in [0, 0.1) is 0 Å². The number of nitrogens with zero attached hydrogens (tertiary/aromatic N) is 1. The topological polar surface area (TPSA) is 104 Å². The molecule has 7 nitrogen and oxygen atoms in total. The number of anilines is 2. The summed E-state index contributed by atoms with van der Waals surface area (Å²) in [6.45, 7) is 0. The van der Waals surface area contributed by atoms with Gasteiger partial charge in [-0.2, -0.15) is 0 Å². The van der Waals surface area contributed by atoms with Crippen molar-refractivity contribution in [3.05, 3.63) is 42.1 Å². The third-order valence-corrected chi connectivity index (χ3v) is 3.82. The van der Waals surface area contributed by atoms with E-state index in [2.05, 4.69) is 14.4 Å². The number of pyridine rings is 1. The molecule has 0 amide bonds. The normalized spacial score (nSPS) is 11.5. The molecular weight excluding hydrogens is 306 g/mol. The van der Waals surface area contributed by atoms with Gasteiger partial charge in [-0.3, -0.25) is 4.72 Å². The lowest BCUT2D eigenvalue weighted by molar-refractivity contribution is 0.0600. The summed E-state index contributed by atoms with van der Waals surface area (Å²) in [5.41, 5.74) is 6.77. The first-order valence-corrected chi connectivity index (χ1v) is 7.36. The van der Waals surface area contributed by atoms with Gasteiger partial charge in [0.25, 0.3) is 0 Å². The van der Waals surface area contributed by atoms with Gasteiger partial charge in [-0.15, -0.1) is 0 Å². The van der Waals surface area contributed by atoms with Gasteiger partial charge in [-0.1, -0.05) is 6.07 Å². The first kappa shape index (κ1) is 15.8. The van der Waals surface area contributed by atoms with Crippen LogP contribution in [-0.2, 0) is 15.7 Å². The molecule has 1 heterocycles. The summed E-state index contributed by atoms with van der Waals surface area (Å²) >= 11 is 0. The van der Waals surface area contributed by atoms with Crippen LogP contribution in [0.2, 0.25) is 0 Å². The summed E-state index contributed by atoms with van der Waals surface area (Å²) in [6, 6.07) is 7.88. The van der Waals surface area contributed by atoms with Crippen LogP contribution >= 0.6 is 0 Å². The first-order valence-electron chi connectivity index (χ1n) is 6.21. The van der Waals surface area contributed by atoms with Crippen LogP contribution in [0.5, 0.6) is 5.88 Å². The van der Waals surface area contributed by atoms with Crippen LogP contribution in [0.25, 0.3) is 0 Å². The minimum atomic E-state index is -1.62. The molecule has 0 bridgehead atoms. The molecule has 1 atom stereocenters. The number of esters is 1. The summed E-state index contributed by atoms with van der Waals surface area (Å²) in [5, 5.41) is 0. The molecule has 0 saturated carbocycles. The highest BCUT2D eigenvalue weighted by Gasteiger charge is 2.12. The summed E-state index contributed by atoms with van der Waals surface area (Å²) in [4.78, 5) is 15.9. The standard InChI is InChI=1S/C14H15N3O4S/c1-20-13-12(7-10(15)8-16-13)17-22(19)11-5-3-4-9(6-11)14(18)21-2/h3-8,17H,15H2,1-2H3. The first-order chi connectivity index (χ1) is 10.5. The average molecular weight is 321 g/mol. The smallest absolute Gasteiger partial charge is 0.337 e. The van der Waals surface area contributed by atoms with Crippen LogP contribution in [0.1, 0.15) is 10.4 Å². The fraction of sp³-hybridized carbons (Fsp3) is 0.143. The maximum absolute atomic E-state index is 12.4. The number of nitrogens with one attached hydrogen (secondary N) is 1. The lowest BCUT2D eigenvalue weighted by Gasteiger charge is -2.10. The van der Waals surface area contributed by atoms with E-state index in [-0.39, 0.29) is 5.88 Å². The second-order valence-corrected chi connectivity index (χ2v) is 5.43. The Labute approximate surface area is 130 Å². The maximum atomic E-state index is 12.4. The lowest BCUT2D eigenvalue weighted by Crippen LogP contribution is -2.09. The lowest BCUT2D eigenvalue weighted by atomic mass is 10.2. The highest BCUT2D eigenvalue weighted by atomic mass is 32.2. The molecule has 0 aliphatic carbocycles. The minimum absolute atomic E-state index is 0.270. The number of hydrogen-bond acceptors (Lipinski definition) is 6. The number of rotatable bonds is 5. The predicted octanol–water partition coefficient (Wildman–Crippen LogP) is 1.59. The highest BCUT2D eigenvalue weighted by Crippen LogP contribution is 2.25. The van der Waals surface area contributed by atoms with Gasteiger partial charge in [0.15, 0.2) is 0 Å². The molecule has 1 aromatic carbocycles. The van der Waals surface area contributed by atoms with E-state index in [4.69, 9.17) is 10.5 Å². The molecule has 2 rings (SSSR count). The monoisotopic (exact) mass is 321 g/mol. The van der Waals surface area contributed by atoms with Crippen molar-refractivity contribution in [2.45, 2.75) is 4.90 Å². The fourth-order valence-electron chi connectivity index (χ4n) is 1.72. The van der Waals surface area contributed by atoms with Crippen molar-refractivity contribution < 1.29 is 18.5 Å². The quantitative estimate of drug-likeness (QED) is 0.811. The molecule has 0 fully saturated rings. The van der Waals surface area contributed by atoms with Crippen LogP contribution < -0.4 is 15.2 Å². The Kier molecular flexibility index (Phi) is 4.95. The third-order valence-electron chi connectivity index (χ3n) is 2.74. The van der Waals surface area contributed by atoms with Crippen molar-refractivity contribution in [2.75, 3.05) is 24.7 Å². The van der Waals surface area contributed by atoms with Crippen molar-refractivity contribution in [2.24, 2.45) is 0 Å². The van der Waals surface area contributed by atoms with E-state index in [1.54, 1.807) is 24.3 Å². The molecule has 116 valence electrons. The van der Waals surface area contributed by atoms with Crippen molar-refractivity contribution in [1.82, 2.24) is 4.98 Å². The molecule has 0 radical (unpaired) electrons. The van der Waals surface area contributed by atoms with E-state index < -0.39 is 17.0 Å². The van der Waals surface area contributed by atoms with Gasteiger partial charge >= 0.3 is 5.97 Å². The molecule has 0 saturated heterocycles. The van der Waals surface area contributed by atoms with Crippen molar-refractivity contribution in [1.29, 1.82) is 0 Å². The second-order valence-electron chi connectivity index (χ2n) is 4.22. The Bertz CT molecular complexity index is 721. The zero-order chi connectivity index (χ0) is 16.1. The summed E-state index contributed by atoms with van der Waals surface area (Å²) < 4.78 is 24.9. The predicted molar refractivity (Wildman–Crippen MR) is 83.0 cm³/mol. The van der Waals surface area contributed by atoms with Gasteiger partial charge in [0.2, 0.25) is 5.88 Å². The van der Waals surface area contributed by atoms with Gasteiger partial charge in [0, 0.05) is 0 Å². The Balaban J connectivity index is 2.26. The Hall–Kier alpha value is -2.61. The van der Waals surface area contributed by atoms with Gasteiger partial charge < -0.3 is 15.2 Å². The number of ether oxygens (including phenoxy) is 2. The van der Waals surface area contributed by atoms with Gasteiger partial charge in [0.05, 0.1) is 36.6 Å². The molecule has 0 aliphatic rings. The van der Waals surface area contributed by atoms with Crippen LogP contribution in [-0.4, -0.2) is 29.4 Å². The summed E-state index contributed by atoms with van der Waals surface area (Å²) in [6.07, 6.45) is 1.44. The highest BCUT2D eigenvalue weighted by molar-refractivity contribution is 7.86. The molecule has 0 aliphatic heterocycles. The molecule has 1 unspecified atom stereocenters. The van der Waals surface area contributed by atoms with E-state index in [1.165, 1.54) is 26.5 Å². The van der Waals surface area contributed by atoms with E-state index >= 15 is 0 Å². The van der Waals surface area contributed by atoms with Crippen LogP contribution in [0.4, 0.5) is 11.4 Å². The summed E-state index contributed by atoms with van der Waals surface area (Å²) in [7, 11) is 1.12. The van der Waals surface area contributed by atoms with Gasteiger partial charge in [-0.25, -0.2) is 14.0 Å². The number of benzene rings is 1. The molecule has 22 heavy (non-hydrogen) atoms. The molecule has 2 aromatic rings. The number of aromatic nitrogens is 1. The average Bonchev–Trinajstić information content (AvgIpc) is 2.54. The second kappa shape index (κ2) is 6.90. The van der Waals surface area contributed by atoms with E-state index in [0.717, 1.165) is 0 Å². The minimum Gasteiger partial charge on any atom is -0.479 e. The van der Waals surface area contributed by atoms with Crippen LogP contribution in [0.3, 0.4) is 0 Å². The number of hydrogen-bond donors (Lipinski definition) is 2. The summed E-state index contributed by atoms with van der Waals surface area (Å²) in [5.74, 6) is -0.228. The fourth-order valence-corrected chi connectivity index (χ4v) is 2.62. The maximum Gasteiger partial charge on any atom is 0.337 e. The van der Waals surface area contributed by atoms with Crippen molar-refractivity contribution in [3.8, 4) is 5.88 Å². The molecule has 8 heteroatoms. The van der Waals surface area contributed by atoms with E-state index in [9.17, 15) is 9.00 Å². The van der Waals surface area contributed by atoms with Gasteiger partial charge in [-0.05, 0) is 24.3 Å². The zero-order valence-corrected chi connectivity index (χ0v) is 12.8. The largest absolute Gasteiger partial charge is 0.479 e. The Morgan fingerprint density at radius 2 is 2.09 bits per heavy atom. The molecule has 3 N–H and O–H groups in total. The number of methoxy groups -OCH3 is 2. The Morgan fingerprint density at radius 3 is 2.77 bits per heavy atom. The van der Waals surface area contributed by atoms with Gasteiger partial charge in [0.1, 0.15) is 16.7 Å². The molecule has 0 spiro atoms. The number of carbonyl (C=O) groups is 1. The number of carbonyl (C=O) groups excluding carboxylic acids is 1. The van der Waals surface area contributed by atoms with E-state index in [0.29, 0.717) is 21.8 Å². The zero-order valence-electron chi connectivity index (χ0n) is 12.0. The number of nitrogens with two attached hydrogens (primary N) is 1. The van der Waals surface area contributed by atoms with Crippen LogP contribution in [0.15, 0.2) is 41.4 Å². The van der Waals surface area contributed by atoms with E-state index in [1.807, 2.05) is 0 Å².